The summed E-state index contributed by atoms with van der Waals surface area (Å²) in [5.74, 6) is -0.620. The van der Waals surface area contributed by atoms with Crippen LogP contribution in [0.1, 0.15) is 32.8 Å². The zero-order valence-electron chi connectivity index (χ0n) is 15.9. The minimum atomic E-state index is -0.640. The Hall–Kier alpha value is -3.48. The largest absolute Gasteiger partial charge is 0.506 e. The molecule has 0 aliphatic carbocycles. The molecule has 144 valence electrons. The van der Waals surface area contributed by atoms with Crippen molar-refractivity contribution in [2.75, 3.05) is 0 Å². The number of benzene rings is 3. The van der Waals surface area contributed by atoms with Gasteiger partial charge in [-0.05, 0) is 34.9 Å². The molecule has 0 fully saturated rings. The zero-order chi connectivity index (χ0) is 20.5. The Morgan fingerprint density at radius 1 is 1.07 bits per heavy atom. The van der Waals surface area contributed by atoms with Gasteiger partial charge in [-0.3, -0.25) is 10.1 Å². The van der Waals surface area contributed by atoms with Crippen LogP contribution in [0.25, 0.3) is 10.8 Å². The Morgan fingerprint density at radius 3 is 2.46 bits per heavy atom. The Labute approximate surface area is 162 Å². The van der Waals surface area contributed by atoms with Gasteiger partial charge in [-0.25, -0.2) is 0 Å². The first-order valence-corrected chi connectivity index (χ1v) is 8.89. The molecule has 3 aromatic rings. The molecule has 3 aromatic carbocycles. The molecule has 0 aliphatic heterocycles. The van der Waals surface area contributed by atoms with Crippen molar-refractivity contribution in [1.82, 2.24) is 0 Å². The third-order valence-electron chi connectivity index (χ3n) is 5.07. The molecule has 2 N–H and O–H groups in total. The van der Waals surface area contributed by atoms with Crippen molar-refractivity contribution >= 4 is 27.8 Å². The Balaban J connectivity index is 2.17. The van der Waals surface area contributed by atoms with Crippen molar-refractivity contribution in [3.8, 4) is 11.5 Å². The lowest BCUT2D eigenvalue weighted by molar-refractivity contribution is -0.385. The second kappa shape index (κ2) is 7.26. The SMILES string of the molecule is CCC(C)(C)c1cc(N=Nc2c(O)ccc3ccccc23)c(O)c([N+](=O)[O-])c1. The average Bonchev–Trinajstić information content (AvgIpc) is 2.67. The number of nitro benzene ring substituents is 1. The van der Waals surface area contributed by atoms with Crippen LogP contribution in [-0.4, -0.2) is 15.1 Å². The molecule has 0 unspecified atom stereocenters. The minimum Gasteiger partial charge on any atom is -0.506 e. The van der Waals surface area contributed by atoms with E-state index in [4.69, 9.17) is 0 Å². The molecule has 0 saturated heterocycles. The van der Waals surface area contributed by atoms with Gasteiger partial charge >= 0.3 is 5.69 Å². The van der Waals surface area contributed by atoms with Crippen molar-refractivity contribution in [3.63, 3.8) is 0 Å². The lowest BCUT2D eigenvalue weighted by atomic mass is 9.82. The highest BCUT2D eigenvalue weighted by atomic mass is 16.6. The van der Waals surface area contributed by atoms with Gasteiger partial charge in [0.2, 0.25) is 5.75 Å². The van der Waals surface area contributed by atoms with E-state index >= 15 is 0 Å². The second-order valence-electron chi connectivity index (χ2n) is 7.21. The maximum Gasteiger partial charge on any atom is 0.313 e. The maximum absolute atomic E-state index is 11.4. The normalized spacial score (nSPS) is 12.0. The van der Waals surface area contributed by atoms with Gasteiger partial charge in [0, 0.05) is 11.5 Å². The van der Waals surface area contributed by atoms with Gasteiger partial charge in [0.25, 0.3) is 0 Å². The summed E-state index contributed by atoms with van der Waals surface area (Å²) in [6, 6.07) is 13.6. The third-order valence-corrected chi connectivity index (χ3v) is 5.07. The highest BCUT2D eigenvalue weighted by Crippen LogP contribution is 2.43. The summed E-state index contributed by atoms with van der Waals surface area (Å²) < 4.78 is 0. The topological polar surface area (TPSA) is 108 Å². The van der Waals surface area contributed by atoms with Gasteiger partial charge in [0.05, 0.1) is 4.92 Å². The summed E-state index contributed by atoms with van der Waals surface area (Å²) >= 11 is 0. The second-order valence-corrected chi connectivity index (χ2v) is 7.21. The summed E-state index contributed by atoms with van der Waals surface area (Å²) in [6.07, 6.45) is 0.746. The number of azo groups is 1. The summed E-state index contributed by atoms with van der Waals surface area (Å²) in [5, 5.41) is 41.6. The Kier molecular flexibility index (Phi) is 5.00. The van der Waals surface area contributed by atoms with Crippen LogP contribution in [0.2, 0.25) is 0 Å². The monoisotopic (exact) mass is 379 g/mol. The summed E-state index contributed by atoms with van der Waals surface area (Å²) in [4.78, 5) is 10.7. The molecule has 0 spiro atoms. The lowest BCUT2D eigenvalue weighted by Crippen LogP contribution is -2.15. The molecule has 7 heteroatoms. The number of hydrogen-bond donors (Lipinski definition) is 2. The van der Waals surface area contributed by atoms with Crippen LogP contribution >= 0.6 is 0 Å². The molecular weight excluding hydrogens is 358 g/mol. The molecule has 0 atom stereocenters. The molecule has 0 saturated carbocycles. The van der Waals surface area contributed by atoms with Crippen molar-refractivity contribution in [1.29, 1.82) is 0 Å². The van der Waals surface area contributed by atoms with Crippen LogP contribution in [0.3, 0.4) is 0 Å². The summed E-state index contributed by atoms with van der Waals surface area (Å²) in [7, 11) is 0. The van der Waals surface area contributed by atoms with Gasteiger partial charge in [0.1, 0.15) is 17.1 Å². The molecular formula is C21H21N3O4. The Bertz CT molecular complexity index is 1090. The molecule has 0 aliphatic rings. The van der Waals surface area contributed by atoms with Crippen molar-refractivity contribution < 1.29 is 15.1 Å². The van der Waals surface area contributed by atoms with Gasteiger partial charge in [-0.15, -0.1) is 10.2 Å². The van der Waals surface area contributed by atoms with E-state index in [9.17, 15) is 20.3 Å². The number of rotatable bonds is 5. The first-order valence-electron chi connectivity index (χ1n) is 8.89. The van der Waals surface area contributed by atoms with E-state index in [2.05, 4.69) is 10.2 Å². The van der Waals surface area contributed by atoms with E-state index in [0.29, 0.717) is 10.9 Å². The predicted octanol–water partition coefficient (Wildman–Crippen LogP) is 6.26. The summed E-state index contributed by atoms with van der Waals surface area (Å²) in [6.45, 7) is 5.90. The smallest absolute Gasteiger partial charge is 0.313 e. The number of fused-ring (bicyclic) bond motifs is 1. The first kappa shape index (κ1) is 19.3. The van der Waals surface area contributed by atoms with E-state index in [1.165, 1.54) is 12.1 Å². The number of phenolic OH excluding ortho intramolecular Hbond substituents is 2. The van der Waals surface area contributed by atoms with Gasteiger partial charge in [-0.1, -0.05) is 51.1 Å². The van der Waals surface area contributed by atoms with E-state index in [0.717, 1.165) is 11.8 Å². The van der Waals surface area contributed by atoms with Crippen molar-refractivity contribution in [2.45, 2.75) is 32.6 Å². The molecule has 7 nitrogen and oxygen atoms in total. The number of phenols is 2. The lowest BCUT2D eigenvalue weighted by Gasteiger charge is -2.23. The predicted molar refractivity (Wildman–Crippen MR) is 108 cm³/mol. The van der Waals surface area contributed by atoms with Crippen LogP contribution in [0.5, 0.6) is 11.5 Å². The fraction of sp³-hybridized carbons (Fsp3) is 0.238. The number of hydrogen-bond acceptors (Lipinski definition) is 6. The fourth-order valence-corrected chi connectivity index (χ4v) is 2.87. The molecule has 0 heterocycles. The van der Waals surface area contributed by atoms with Gasteiger partial charge in [0.15, 0.2) is 0 Å². The standard InChI is InChI=1S/C21H21N3O4/c1-4-21(2,3)14-11-16(20(26)17(12-14)24(27)28)22-23-19-15-8-6-5-7-13(15)9-10-18(19)25/h5-12,25-26H,4H2,1-3H3. The number of nitrogens with zero attached hydrogens (tertiary/aromatic N) is 3. The molecule has 0 amide bonds. The molecule has 0 aromatic heterocycles. The quantitative estimate of drug-likeness (QED) is 0.310. The number of nitro groups is 1. The van der Waals surface area contributed by atoms with Gasteiger partial charge < -0.3 is 10.2 Å². The molecule has 28 heavy (non-hydrogen) atoms. The fourth-order valence-electron chi connectivity index (χ4n) is 2.87. The van der Waals surface area contributed by atoms with E-state index in [1.54, 1.807) is 18.2 Å². The average molecular weight is 379 g/mol. The molecule has 3 rings (SSSR count). The van der Waals surface area contributed by atoms with Gasteiger partial charge in [-0.2, -0.15) is 0 Å². The van der Waals surface area contributed by atoms with Crippen molar-refractivity contribution in [3.05, 3.63) is 64.2 Å². The maximum atomic E-state index is 11.4. The highest BCUT2D eigenvalue weighted by Gasteiger charge is 2.26. The zero-order valence-corrected chi connectivity index (χ0v) is 15.9. The van der Waals surface area contributed by atoms with E-state index in [-0.39, 0.29) is 22.5 Å². The van der Waals surface area contributed by atoms with Crippen molar-refractivity contribution in [2.24, 2.45) is 10.2 Å². The van der Waals surface area contributed by atoms with Crippen LogP contribution in [0, 0.1) is 10.1 Å². The third kappa shape index (κ3) is 3.51. The van der Waals surface area contributed by atoms with E-state index in [1.807, 2.05) is 39.0 Å². The summed E-state index contributed by atoms with van der Waals surface area (Å²) in [5.41, 5.74) is 0.133. The minimum absolute atomic E-state index is 0.0157. The Morgan fingerprint density at radius 2 is 1.79 bits per heavy atom. The van der Waals surface area contributed by atoms with Crippen LogP contribution in [0.15, 0.2) is 58.8 Å². The number of aromatic hydroxyl groups is 2. The van der Waals surface area contributed by atoms with Crippen LogP contribution in [-0.2, 0) is 5.41 Å². The highest BCUT2D eigenvalue weighted by molar-refractivity contribution is 5.95. The molecule has 0 bridgehead atoms. The van der Waals surface area contributed by atoms with Crippen LogP contribution in [0.4, 0.5) is 17.1 Å². The molecule has 0 radical (unpaired) electrons. The van der Waals surface area contributed by atoms with Crippen LogP contribution < -0.4 is 0 Å². The first-order chi connectivity index (χ1) is 13.2. The van der Waals surface area contributed by atoms with E-state index < -0.39 is 16.4 Å².